The summed E-state index contributed by atoms with van der Waals surface area (Å²) in [6.45, 7) is 1.79. The van der Waals surface area contributed by atoms with Gasteiger partial charge in [-0.05, 0) is 58.2 Å². The maximum atomic E-state index is 12.9. The van der Waals surface area contributed by atoms with Crippen molar-refractivity contribution in [1.82, 2.24) is 0 Å². The lowest BCUT2D eigenvalue weighted by Crippen LogP contribution is -2.30. The van der Waals surface area contributed by atoms with Crippen molar-refractivity contribution in [3.63, 3.8) is 0 Å². The number of hydrogen-bond acceptors (Lipinski definition) is 2. The molecule has 0 aliphatic carbocycles. The summed E-state index contributed by atoms with van der Waals surface area (Å²) in [5, 5.41) is 10.6. The second-order valence-electron chi connectivity index (χ2n) is 5.45. The van der Waals surface area contributed by atoms with Gasteiger partial charge in [0.15, 0.2) is 0 Å². The minimum atomic E-state index is -0.897. The Balaban J connectivity index is 2.09. The van der Waals surface area contributed by atoms with Gasteiger partial charge >= 0.3 is 0 Å². The molecular formula is C17H18BrFO2. The molecule has 0 amide bonds. The first-order chi connectivity index (χ1) is 9.89. The van der Waals surface area contributed by atoms with E-state index in [-0.39, 0.29) is 5.82 Å². The van der Waals surface area contributed by atoms with Crippen molar-refractivity contribution in [2.24, 2.45) is 0 Å². The van der Waals surface area contributed by atoms with Crippen LogP contribution in [0.15, 0.2) is 46.9 Å². The molecule has 0 saturated carbocycles. The molecule has 112 valence electrons. The van der Waals surface area contributed by atoms with Crippen molar-refractivity contribution in [1.29, 1.82) is 0 Å². The molecule has 2 aromatic carbocycles. The lowest BCUT2D eigenvalue weighted by Gasteiger charge is -2.24. The third-order valence-electron chi connectivity index (χ3n) is 3.30. The van der Waals surface area contributed by atoms with Crippen molar-refractivity contribution < 1.29 is 14.2 Å². The van der Waals surface area contributed by atoms with E-state index in [9.17, 15) is 9.50 Å². The predicted molar refractivity (Wildman–Crippen MR) is 85.1 cm³/mol. The number of rotatable bonds is 5. The number of hydrogen-bond donors (Lipinski definition) is 1. The fourth-order valence-electron chi connectivity index (χ4n) is 2.36. The Kier molecular flexibility index (Phi) is 5.01. The zero-order valence-electron chi connectivity index (χ0n) is 12.1. The van der Waals surface area contributed by atoms with E-state index < -0.39 is 5.60 Å². The molecule has 0 aromatic heterocycles. The van der Waals surface area contributed by atoms with E-state index in [0.717, 1.165) is 21.3 Å². The van der Waals surface area contributed by atoms with E-state index in [1.54, 1.807) is 26.2 Å². The van der Waals surface area contributed by atoms with Crippen LogP contribution in [0.25, 0.3) is 0 Å². The van der Waals surface area contributed by atoms with E-state index in [4.69, 9.17) is 4.74 Å². The van der Waals surface area contributed by atoms with Gasteiger partial charge in [0, 0.05) is 12.8 Å². The van der Waals surface area contributed by atoms with Gasteiger partial charge in [0.1, 0.15) is 11.6 Å². The molecule has 1 N–H and O–H groups in total. The molecule has 0 radical (unpaired) electrons. The summed E-state index contributed by atoms with van der Waals surface area (Å²) in [4.78, 5) is 0. The Labute approximate surface area is 132 Å². The second kappa shape index (κ2) is 6.58. The van der Waals surface area contributed by atoms with Gasteiger partial charge in [-0.1, -0.05) is 18.2 Å². The molecular weight excluding hydrogens is 335 g/mol. The van der Waals surface area contributed by atoms with Gasteiger partial charge in [0.25, 0.3) is 0 Å². The zero-order valence-corrected chi connectivity index (χ0v) is 13.7. The van der Waals surface area contributed by atoms with Crippen LogP contribution in [0.2, 0.25) is 0 Å². The molecule has 4 heteroatoms. The van der Waals surface area contributed by atoms with Gasteiger partial charge < -0.3 is 9.84 Å². The first-order valence-electron chi connectivity index (χ1n) is 6.69. The van der Waals surface area contributed by atoms with E-state index in [2.05, 4.69) is 15.9 Å². The highest BCUT2D eigenvalue weighted by Crippen LogP contribution is 2.28. The highest BCUT2D eigenvalue weighted by Gasteiger charge is 2.22. The minimum Gasteiger partial charge on any atom is -0.496 e. The van der Waals surface area contributed by atoms with Gasteiger partial charge in [-0.3, -0.25) is 0 Å². The molecule has 1 unspecified atom stereocenters. The van der Waals surface area contributed by atoms with Crippen molar-refractivity contribution >= 4 is 15.9 Å². The quantitative estimate of drug-likeness (QED) is 0.876. The summed E-state index contributed by atoms with van der Waals surface area (Å²) in [7, 11) is 1.62. The van der Waals surface area contributed by atoms with Crippen LogP contribution in [0.4, 0.5) is 4.39 Å². The summed E-state index contributed by atoms with van der Waals surface area (Å²) in [6, 6.07) is 12.0. The molecule has 0 aliphatic heterocycles. The SMILES string of the molecule is COc1ccc(CC(C)(O)Cc2ccc(F)cc2)cc1Br. The molecule has 2 nitrogen and oxygen atoms in total. The van der Waals surface area contributed by atoms with Crippen LogP contribution < -0.4 is 4.74 Å². The van der Waals surface area contributed by atoms with Gasteiger partial charge in [0.05, 0.1) is 17.2 Å². The standard InChI is InChI=1S/C17H18BrFO2/c1-17(20,10-12-3-6-14(19)7-4-12)11-13-5-8-16(21-2)15(18)9-13/h3-9,20H,10-11H2,1-2H3. The monoisotopic (exact) mass is 352 g/mol. The third-order valence-corrected chi connectivity index (χ3v) is 3.92. The summed E-state index contributed by atoms with van der Waals surface area (Å²) < 4.78 is 19.0. The Morgan fingerprint density at radius 1 is 1.10 bits per heavy atom. The third kappa shape index (κ3) is 4.55. The Morgan fingerprint density at radius 2 is 1.67 bits per heavy atom. The van der Waals surface area contributed by atoms with Crippen molar-refractivity contribution in [3.8, 4) is 5.75 Å². The molecule has 1 atom stereocenters. The smallest absolute Gasteiger partial charge is 0.133 e. The van der Waals surface area contributed by atoms with Crippen LogP contribution in [0.3, 0.4) is 0 Å². The largest absolute Gasteiger partial charge is 0.496 e. The van der Waals surface area contributed by atoms with Crippen LogP contribution >= 0.6 is 15.9 Å². The average Bonchev–Trinajstić information content (AvgIpc) is 2.41. The van der Waals surface area contributed by atoms with Crippen LogP contribution in [0.1, 0.15) is 18.1 Å². The number of methoxy groups -OCH3 is 1. The number of benzene rings is 2. The molecule has 2 aromatic rings. The first-order valence-corrected chi connectivity index (χ1v) is 7.48. The van der Waals surface area contributed by atoms with Crippen molar-refractivity contribution in [2.45, 2.75) is 25.4 Å². The zero-order chi connectivity index (χ0) is 15.5. The van der Waals surface area contributed by atoms with E-state index in [1.807, 2.05) is 18.2 Å². The molecule has 0 bridgehead atoms. The number of aliphatic hydroxyl groups is 1. The Hall–Kier alpha value is -1.39. The van der Waals surface area contributed by atoms with E-state index >= 15 is 0 Å². The lowest BCUT2D eigenvalue weighted by atomic mass is 9.90. The van der Waals surface area contributed by atoms with Crippen LogP contribution in [-0.4, -0.2) is 17.8 Å². The maximum absolute atomic E-state index is 12.9. The molecule has 0 heterocycles. The fourth-order valence-corrected chi connectivity index (χ4v) is 2.95. The maximum Gasteiger partial charge on any atom is 0.133 e. The Bertz CT molecular complexity index is 609. The topological polar surface area (TPSA) is 29.5 Å². The van der Waals surface area contributed by atoms with Crippen LogP contribution in [0, 0.1) is 5.82 Å². The molecule has 2 rings (SSSR count). The highest BCUT2D eigenvalue weighted by molar-refractivity contribution is 9.10. The second-order valence-corrected chi connectivity index (χ2v) is 6.30. The summed E-state index contributed by atoms with van der Waals surface area (Å²) in [5.74, 6) is 0.495. The molecule has 0 spiro atoms. The van der Waals surface area contributed by atoms with Gasteiger partial charge in [-0.15, -0.1) is 0 Å². The summed E-state index contributed by atoms with van der Waals surface area (Å²) in [5.41, 5.74) is 1.02. The van der Waals surface area contributed by atoms with Crippen LogP contribution in [-0.2, 0) is 12.8 Å². The average molecular weight is 353 g/mol. The summed E-state index contributed by atoms with van der Waals surface area (Å²) in [6.07, 6.45) is 0.976. The molecule has 0 saturated heterocycles. The van der Waals surface area contributed by atoms with Crippen molar-refractivity contribution in [3.05, 3.63) is 63.9 Å². The number of ether oxygens (including phenoxy) is 1. The van der Waals surface area contributed by atoms with Crippen molar-refractivity contribution in [2.75, 3.05) is 7.11 Å². The minimum absolute atomic E-state index is 0.266. The van der Waals surface area contributed by atoms with Crippen LogP contribution in [0.5, 0.6) is 5.75 Å². The molecule has 21 heavy (non-hydrogen) atoms. The number of halogens is 2. The van der Waals surface area contributed by atoms with Gasteiger partial charge in [-0.2, -0.15) is 0 Å². The van der Waals surface area contributed by atoms with E-state index in [0.29, 0.717) is 12.8 Å². The highest BCUT2D eigenvalue weighted by atomic mass is 79.9. The molecule has 0 fully saturated rings. The van der Waals surface area contributed by atoms with E-state index in [1.165, 1.54) is 12.1 Å². The fraction of sp³-hybridized carbons (Fsp3) is 0.294. The Morgan fingerprint density at radius 3 is 2.24 bits per heavy atom. The van der Waals surface area contributed by atoms with Gasteiger partial charge in [-0.25, -0.2) is 4.39 Å². The normalized spacial score (nSPS) is 13.8. The first kappa shape index (κ1) is 16.0. The lowest BCUT2D eigenvalue weighted by molar-refractivity contribution is 0.0608. The predicted octanol–water partition coefficient (Wildman–Crippen LogP) is 4.13. The van der Waals surface area contributed by atoms with Gasteiger partial charge in [0.2, 0.25) is 0 Å². The molecule has 0 aliphatic rings. The summed E-state index contributed by atoms with van der Waals surface area (Å²) >= 11 is 3.44.